The Balaban J connectivity index is 0.000000640. The summed E-state index contributed by atoms with van der Waals surface area (Å²) in [6, 6.07) is 10.7. The molecule has 0 bridgehead atoms. The van der Waals surface area contributed by atoms with Crippen molar-refractivity contribution in [3.05, 3.63) is 35.9 Å². The fraction of sp³-hybridized carbons (Fsp3) is 0.143. The van der Waals surface area contributed by atoms with Gasteiger partial charge >= 0.3 is 18.9 Å². The van der Waals surface area contributed by atoms with Gasteiger partial charge in [0.05, 0.1) is 0 Å². The van der Waals surface area contributed by atoms with Crippen LogP contribution in [-0.2, 0) is 5.88 Å². The largest absolute Gasteiger partial charge is 1.00 e. The second-order valence-electron chi connectivity index (χ2n) is 1.52. The first-order valence-electron chi connectivity index (χ1n) is 2.45. The van der Waals surface area contributed by atoms with Crippen LogP contribution in [0.15, 0.2) is 24.3 Å². The van der Waals surface area contributed by atoms with Gasteiger partial charge in [0.2, 0.25) is 0 Å². The molecule has 0 fully saturated rings. The molecule has 0 aliphatic carbocycles. The summed E-state index contributed by atoms with van der Waals surface area (Å²) in [6.07, 6.45) is 0. The maximum absolute atomic E-state index is 5.50. The summed E-state index contributed by atoms with van der Waals surface area (Å²) in [5.74, 6) is 0.556. The molecular weight excluding hydrogens is 126 g/mol. The van der Waals surface area contributed by atoms with Crippen molar-refractivity contribution in [2.75, 3.05) is 0 Å². The SMILES string of the molecule is ClCc1[c-]cccc1.[Li+]. The van der Waals surface area contributed by atoms with E-state index in [1.54, 1.807) is 0 Å². The fourth-order valence-electron chi connectivity index (χ4n) is 0.514. The van der Waals surface area contributed by atoms with Crippen molar-refractivity contribution in [2.45, 2.75) is 5.88 Å². The molecule has 0 nitrogen and oxygen atoms in total. The maximum Gasteiger partial charge on any atom is 1.00 e. The van der Waals surface area contributed by atoms with Crippen LogP contribution in [0.3, 0.4) is 0 Å². The standard InChI is InChI=1S/C7H6Cl.Li/c8-6-7-4-2-1-3-5-7;/h1-4H,6H2;/q-1;+1. The van der Waals surface area contributed by atoms with Crippen molar-refractivity contribution >= 4 is 11.6 Å². The zero-order valence-corrected chi connectivity index (χ0v) is 6.15. The van der Waals surface area contributed by atoms with E-state index >= 15 is 0 Å². The van der Waals surface area contributed by atoms with Crippen molar-refractivity contribution in [1.29, 1.82) is 0 Å². The second kappa shape index (κ2) is 4.94. The second-order valence-corrected chi connectivity index (χ2v) is 1.79. The molecule has 0 radical (unpaired) electrons. The Morgan fingerprint density at radius 1 is 1.44 bits per heavy atom. The summed E-state index contributed by atoms with van der Waals surface area (Å²) in [4.78, 5) is 0. The van der Waals surface area contributed by atoms with Crippen molar-refractivity contribution in [2.24, 2.45) is 0 Å². The van der Waals surface area contributed by atoms with Crippen molar-refractivity contribution in [3.63, 3.8) is 0 Å². The molecule has 0 amide bonds. The van der Waals surface area contributed by atoms with Crippen LogP contribution in [0.2, 0.25) is 0 Å². The van der Waals surface area contributed by atoms with E-state index in [1.165, 1.54) is 0 Å². The molecule has 0 aliphatic heterocycles. The van der Waals surface area contributed by atoms with Crippen LogP contribution in [-0.4, -0.2) is 0 Å². The predicted molar refractivity (Wildman–Crippen MR) is 34.8 cm³/mol. The molecule has 1 rings (SSSR count). The van der Waals surface area contributed by atoms with Crippen LogP contribution in [0, 0.1) is 6.07 Å². The van der Waals surface area contributed by atoms with Gasteiger partial charge in [0, 0.05) is 5.88 Å². The van der Waals surface area contributed by atoms with Crippen LogP contribution in [0.5, 0.6) is 0 Å². The van der Waals surface area contributed by atoms with Gasteiger partial charge in [-0.3, -0.25) is 0 Å². The third-order valence-corrected chi connectivity index (χ3v) is 1.21. The number of alkyl halides is 1. The monoisotopic (exact) mass is 132 g/mol. The van der Waals surface area contributed by atoms with E-state index in [2.05, 4.69) is 6.07 Å². The van der Waals surface area contributed by atoms with Crippen LogP contribution in [0.1, 0.15) is 5.56 Å². The average Bonchev–Trinajstić information content (AvgIpc) is 1.90. The molecule has 0 atom stereocenters. The van der Waals surface area contributed by atoms with Gasteiger partial charge in [-0.15, -0.1) is 17.2 Å². The Labute approximate surface area is 72.4 Å². The van der Waals surface area contributed by atoms with Crippen LogP contribution in [0.25, 0.3) is 0 Å². The third-order valence-electron chi connectivity index (χ3n) is 0.917. The quantitative estimate of drug-likeness (QED) is 0.268. The Hall–Kier alpha value is 0.107. The zero-order valence-electron chi connectivity index (χ0n) is 5.39. The Kier molecular flexibility index (Phi) is 5.00. The van der Waals surface area contributed by atoms with E-state index in [-0.39, 0.29) is 18.9 Å². The van der Waals surface area contributed by atoms with Gasteiger partial charge in [0.15, 0.2) is 0 Å². The molecule has 0 aromatic heterocycles. The number of halogens is 1. The van der Waals surface area contributed by atoms with E-state index in [0.29, 0.717) is 5.88 Å². The van der Waals surface area contributed by atoms with Gasteiger partial charge in [-0.05, 0) is 0 Å². The molecule has 0 aliphatic rings. The molecule has 0 unspecified atom stereocenters. The molecule has 0 saturated heterocycles. The molecule has 9 heavy (non-hydrogen) atoms. The van der Waals surface area contributed by atoms with E-state index in [4.69, 9.17) is 11.6 Å². The van der Waals surface area contributed by atoms with E-state index in [9.17, 15) is 0 Å². The number of benzene rings is 1. The maximum atomic E-state index is 5.50. The molecule has 0 saturated carbocycles. The normalized spacial score (nSPS) is 8.11. The summed E-state index contributed by atoms with van der Waals surface area (Å²) in [7, 11) is 0. The summed E-state index contributed by atoms with van der Waals surface area (Å²) in [5.41, 5.74) is 1.05. The molecule has 42 valence electrons. The van der Waals surface area contributed by atoms with Crippen molar-refractivity contribution in [1.82, 2.24) is 0 Å². The summed E-state index contributed by atoms with van der Waals surface area (Å²) in [6.45, 7) is 0. The summed E-state index contributed by atoms with van der Waals surface area (Å²) in [5, 5.41) is 0. The number of rotatable bonds is 1. The minimum atomic E-state index is 0. The van der Waals surface area contributed by atoms with E-state index in [1.807, 2.05) is 24.3 Å². The van der Waals surface area contributed by atoms with Crippen molar-refractivity contribution in [3.8, 4) is 0 Å². The first kappa shape index (κ1) is 9.11. The Morgan fingerprint density at radius 2 is 2.22 bits per heavy atom. The van der Waals surface area contributed by atoms with Crippen LogP contribution in [0.4, 0.5) is 0 Å². The van der Waals surface area contributed by atoms with Gasteiger partial charge in [-0.2, -0.15) is 30.3 Å². The first-order chi connectivity index (χ1) is 3.93. The molecule has 0 heterocycles. The molecular formula is C7H6ClLi. The summed E-state index contributed by atoms with van der Waals surface area (Å²) < 4.78 is 0. The smallest absolute Gasteiger partial charge is 0.179 e. The predicted octanol–water partition coefficient (Wildman–Crippen LogP) is -0.770. The number of hydrogen-bond donors (Lipinski definition) is 0. The molecule has 2 heteroatoms. The molecule has 0 spiro atoms. The van der Waals surface area contributed by atoms with Crippen molar-refractivity contribution < 1.29 is 18.9 Å². The minimum Gasteiger partial charge on any atom is -0.179 e. The molecule has 1 aromatic rings. The third kappa shape index (κ3) is 2.96. The topological polar surface area (TPSA) is 0 Å². The fourth-order valence-corrected chi connectivity index (χ4v) is 0.680. The average molecular weight is 133 g/mol. The molecule has 1 aromatic carbocycles. The number of hydrogen-bond acceptors (Lipinski definition) is 0. The zero-order chi connectivity index (χ0) is 5.82. The van der Waals surface area contributed by atoms with Gasteiger partial charge < -0.3 is 0 Å². The van der Waals surface area contributed by atoms with Crippen LogP contribution >= 0.6 is 11.6 Å². The van der Waals surface area contributed by atoms with Gasteiger partial charge in [0.25, 0.3) is 0 Å². The summed E-state index contributed by atoms with van der Waals surface area (Å²) >= 11 is 5.50. The Morgan fingerprint density at radius 3 is 2.56 bits per heavy atom. The van der Waals surface area contributed by atoms with Gasteiger partial charge in [0.1, 0.15) is 0 Å². The van der Waals surface area contributed by atoms with E-state index < -0.39 is 0 Å². The Bertz CT molecular complexity index is 150. The van der Waals surface area contributed by atoms with Gasteiger partial charge in [-0.25, -0.2) is 0 Å². The minimum absolute atomic E-state index is 0. The van der Waals surface area contributed by atoms with E-state index in [0.717, 1.165) is 5.56 Å². The first-order valence-corrected chi connectivity index (χ1v) is 2.98. The molecule has 0 N–H and O–H groups in total. The van der Waals surface area contributed by atoms with Crippen LogP contribution < -0.4 is 18.9 Å². The van der Waals surface area contributed by atoms with Gasteiger partial charge in [-0.1, -0.05) is 0 Å².